The maximum absolute atomic E-state index is 12.1. The molecular weight excluding hydrogens is 230 g/mol. The van der Waals surface area contributed by atoms with Gasteiger partial charge in [-0.1, -0.05) is 0 Å². The van der Waals surface area contributed by atoms with Crippen LogP contribution in [-0.2, 0) is 0 Å². The molecule has 1 aromatic rings. The third kappa shape index (κ3) is 2.96. The number of hydrogen-bond donors (Lipinski definition) is 3. The number of carbonyl (C=O) groups is 1. The molecule has 1 aromatic heterocycles. The number of likely N-dealkylation sites (N-methyl/N-ethyl adjacent to an activating group) is 1. The van der Waals surface area contributed by atoms with Gasteiger partial charge in [0.05, 0.1) is 11.3 Å². The lowest BCUT2D eigenvalue weighted by Crippen LogP contribution is -2.46. The zero-order chi connectivity index (χ0) is 13.0. The molecule has 1 amide bonds. The van der Waals surface area contributed by atoms with E-state index in [1.165, 1.54) is 6.20 Å². The van der Waals surface area contributed by atoms with Gasteiger partial charge in [-0.15, -0.1) is 0 Å². The lowest BCUT2D eigenvalue weighted by molar-refractivity contribution is 0.0913. The smallest absolute Gasteiger partial charge is 0.255 e. The molecule has 6 nitrogen and oxygen atoms in total. The van der Waals surface area contributed by atoms with Crippen LogP contribution in [0, 0.1) is 0 Å². The molecule has 0 bridgehead atoms. The first-order chi connectivity index (χ1) is 8.70. The van der Waals surface area contributed by atoms with Crippen molar-refractivity contribution >= 4 is 11.6 Å². The summed E-state index contributed by atoms with van der Waals surface area (Å²) >= 11 is 0. The molecule has 2 heterocycles. The molecule has 1 unspecified atom stereocenters. The number of likely N-dealkylation sites (tertiary alicyclic amines) is 1. The summed E-state index contributed by atoms with van der Waals surface area (Å²) in [4.78, 5) is 18.3. The average Bonchev–Trinajstić information content (AvgIpc) is 2.38. The second-order valence-corrected chi connectivity index (χ2v) is 4.64. The summed E-state index contributed by atoms with van der Waals surface area (Å²) in [5, 5.41) is 3.02. The van der Waals surface area contributed by atoms with Gasteiger partial charge < -0.3 is 15.6 Å². The second kappa shape index (κ2) is 5.79. The largest absolute Gasteiger partial charge is 0.348 e. The Labute approximate surface area is 107 Å². The van der Waals surface area contributed by atoms with Gasteiger partial charge in [0.1, 0.15) is 0 Å². The van der Waals surface area contributed by atoms with Crippen LogP contribution >= 0.6 is 0 Å². The van der Waals surface area contributed by atoms with Crippen LogP contribution in [0.3, 0.4) is 0 Å². The minimum atomic E-state index is -0.128. The Morgan fingerprint density at radius 3 is 3.17 bits per heavy atom. The molecule has 6 heteroatoms. The molecule has 2 rings (SSSR count). The number of hydrogen-bond acceptors (Lipinski definition) is 5. The van der Waals surface area contributed by atoms with E-state index in [1.54, 1.807) is 12.3 Å². The zero-order valence-corrected chi connectivity index (χ0v) is 10.5. The summed E-state index contributed by atoms with van der Waals surface area (Å²) in [6, 6.07) is 1.88. The normalized spacial score (nSPS) is 20.4. The van der Waals surface area contributed by atoms with Gasteiger partial charge in [0.2, 0.25) is 0 Å². The first kappa shape index (κ1) is 12.8. The zero-order valence-electron chi connectivity index (χ0n) is 10.5. The van der Waals surface area contributed by atoms with Crippen LogP contribution in [0.2, 0.25) is 0 Å². The fourth-order valence-corrected chi connectivity index (χ4v) is 2.25. The van der Waals surface area contributed by atoms with Crippen LogP contribution in [0.15, 0.2) is 18.5 Å². The number of hydrazine groups is 1. The monoisotopic (exact) mass is 249 g/mol. The molecule has 0 saturated carbocycles. The molecule has 1 atom stereocenters. The average molecular weight is 249 g/mol. The summed E-state index contributed by atoms with van der Waals surface area (Å²) < 4.78 is 0. The number of nitrogen functional groups attached to an aromatic ring is 1. The fourth-order valence-electron chi connectivity index (χ4n) is 2.25. The summed E-state index contributed by atoms with van der Waals surface area (Å²) in [5.74, 6) is 5.25. The van der Waals surface area contributed by atoms with E-state index < -0.39 is 0 Å². The lowest BCUT2D eigenvalue weighted by atomic mass is 10.1. The lowest BCUT2D eigenvalue weighted by Gasteiger charge is -2.30. The topological polar surface area (TPSA) is 83.3 Å². The number of nitrogens with one attached hydrogen (secondary N) is 2. The molecule has 0 aliphatic carbocycles. The van der Waals surface area contributed by atoms with E-state index in [0.29, 0.717) is 11.3 Å². The third-order valence-corrected chi connectivity index (χ3v) is 3.18. The van der Waals surface area contributed by atoms with Gasteiger partial charge in [-0.3, -0.25) is 15.6 Å². The maximum atomic E-state index is 12.1. The van der Waals surface area contributed by atoms with Crippen molar-refractivity contribution in [3.05, 3.63) is 24.0 Å². The molecule has 18 heavy (non-hydrogen) atoms. The number of piperidine rings is 1. The van der Waals surface area contributed by atoms with Crippen LogP contribution in [-0.4, -0.2) is 42.0 Å². The van der Waals surface area contributed by atoms with E-state index in [1.807, 2.05) is 0 Å². The van der Waals surface area contributed by atoms with E-state index in [0.717, 1.165) is 25.9 Å². The van der Waals surface area contributed by atoms with Crippen molar-refractivity contribution in [3.63, 3.8) is 0 Å². The van der Waals surface area contributed by atoms with E-state index in [-0.39, 0.29) is 11.9 Å². The van der Waals surface area contributed by atoms with E-state index in [2.05, 4.69) is 27.7 Å². The van der Waals surface area contributed by atoms with Crippen LogP contribution < -0.4 is 16.6 Å². The maximum Gasteiger partial charge on any atom is 0.255 e. The Hall–Kier alpha value is -1.66. The quantitative estimate of drug-likeness (QED) is 0.526. The van der Waals surface area contributed by atoms with Crippen molar-refractivity contribution < 1.29 is 4.79 Å². The third-order valence-electron chi connectivity index (χ3n) is 3.18. The minimum Gasteiger partial charge on any atom is -0.348 e. The van der Waals surface area contributed by atoms with Crippen molar-refractivity contribution in [2.75, 3.05) is 25.6 Å². The number of rotatable bonds is 3. The molecule has 1 fully saturated rings. The van der Waals surface area contributed by atoms with Crippen LogP contribution in [0.4, 0.5) is 5.69 Å². The molecule has 98 valence electrons. The first-order valence-electron chi connectivity index (χ1n) is 6.10. The summed E-state index contributed by atoms with van der Waals surface area (Å²) in [5.41, 5.74) is 3.58. The Balaban J connectivity index is 2.03. The van der Waals surface area contributed by atoms with Gasteiger partial charge >= 0.3 is 0 Å². The molecular formula is C12H19N5O. The predicted octanol–water partition coefficient (Wildman–Crippen LogP) is 0.191. The van der Waals surface area contributed by atoms with Gasteiger partial charge in [-0.05, 0) is 32.5 Å². The Morgan fingerprint density at radius 2 is 2.44 bits per heavy atom. The van der Waals surface area contributed by atoms with Crippen LogP contribution in [0.5, 0.6) is 0 Å². The first-order valence-corrected chi connectivity index (χ1v) is 6.10. The highest BCUT2D eigenvalue weighted by atomic mass is 16.1. The van der Waals surface area contributed by atoms with E-state index >= 15 is 0 Å². The van der Waals surface area contributed by atoms with Crippen molar-refractivity contribution in [1.82, 2.24) is 15.2 Å². The Morgan fingerprint density at radius 1 is 1.61 bits per heavy atom. The number of nitrogens with zero attached hydrogens (tertiary/aromatic N) is 2. The number of amides is 1. The molecule has 0 radical (unpaired) electrons. The van der Waals surface area contributed by atoms with Crippen LogP contribution in [0.1, 0.15) is 23.2 Å². The molecule has 0 spiro atoms. The number of nitrogens with two attached hydrogens (primary N) is 1. The molecule has 4 N–H and O–H groups in total. The highest BCUT2D eigenvalue weighted by Crippen LogP contribution is 2.13. The number of anilines is 1. The van der Waals surface area contributed by atoms with Crippen molar-refractivity contribution in [2.24, 2.45) is 5.84 Å². The highest BCUT2D eigenvalue weighted by molar-refractivity contribution is 5.99. The second-order valence-electron chi connectivity index (χ2n) is 4.64. The van der Waals surface area contributed by atoms with Gasteiger partial charge in [0.25, 0.3) is 5.91 Å². The number of aromatic nitrogens is 1. The minimum absolute atomic E-state index is 0.128. The van der Waals surface area contributed by atoms with Gasteiger partial charge in [0.15, 0.2) is 0 Å². The van der Waals surface area contributed by atoms with E-state index in [4.69, 9.17) is 5.84 Å². The van der Waals surface area contributed by atoms with Crippen molar-refractivity contribution in [2.45, 2.75) is 18.9 Å². The molecule has 0 aromatic carbocycles. The number of pyridine rings is 1. The van der Waals surface area contributed by atoms with Crippen molar-refractivity contribution in [1.29, 1.82) is 0 Å². The predicted molar refractivity (Wildman–Crippen MR) is 70.0 cm³/mol. The highest BCUT2D eigenvalue weighted by Gasteiger charge is 2.20. The van der Waals surface area contributed by atoms with E-state index in [9.17, 15) is 4.79 Å². The molecule has 1 saturated heterocycles. The standard InChI is InChI=1S/C12H19N5O/c1-17-6-2-3-9(8-17)15-12(18)10-7-14-5-4-11(10)16-13/h4-5,7,9H,2-3,6,8,13H2,1H3,(H,14,16)(H,15,18). The SMILES string of the molecule is CN1CCCC(NC(=O)c2cnccc2NN)C1. The summed E-state index contributed by atoms with van der Waals surface area (Å²) in [6.07, 6.45) is 5.25. The summed E-state index contributed by atoms with van der Waals surface area (Å²) in [6.45, 7) is 1.98. The van der Waals surface area contributed by atoms with Gasteiger partial charge in [-0.2, -0.15) is 0 Å². The molecule has 1 aliphatic heterocycles. The van der Waals surface area contributed by atoms with Gasteiger partial charge in [-0.25, -0.2) is 0 Å². The Bertz CT molecular complexity index is 423. The Kier molecular flexibility index (Phi) is 4.11. The fraction of sp³-hybridized carbons (Fsp3) is 0.500. The number of carbonyl (C=O) groups excluding carboxylic acids is 1. The van der Waals surface area contributed by atoms with Crippen molar-refractivity contribution in [3.8, 4) is 0 Å². The van der Waals surface area contributed by atoms with Crippen LogP contribution in [0.25, 0.3) is 0 Å². The van der Waals surface area contributed by atoms with Gasteiger partial charge in [0, 0.05) is 25.0 Å². The summed E-state index contributed by atoms with van der Waals surface area (Å²) in [7, 11) is 2.06. The molecule has 1 aliphatic rings.